The molecule has 1 fully saturated rings. The molecule has 3 N–H and O–H groups in total. The van der Waals surface area contributed by atoms with Gasteiger partial charge in [-0.25, -0.2) is 4.98 Å². The van der Waals surface area contributed by atoms with Crippen molar-refractivity contribution in [3.8, 4) is 0 Å². The van der Waals surface area contributed by atoms with Crippen molar-refractivity contribution in [1.29, 1.82) is 0 Å². The number of carbonyl (C=O) groups is 1. The summed E-state index contributed by atoms with van der Waals surface area (Å²) in [5.74, 6) is 0.0950. The van der Waals surface area contributed by atoms with E-state index in [4.69, 9.17) is 0 Å². The van der Waals surface area contributed by atoms with Gasteiger partial charge in [-0.1, -0.05) is 6.42 Å². The van der Waals surface area contributed by atoms with Gasteiger partial charge in [-0.2, -0.15) is 0 Å². The van der Waals surface area contributed by atoms with Gasteiger partial charge in [0.25, 0.3) is 0 Å². The van der Waals surface area contributed by atoms with Crippen molar-refractivity contribution >= 4 is 5.91 Å². The van der Waals surface area contributed by atoms with Crippen molar-refractivity contribution < 1.29 is 4.79 Å². The third-order valence-corrected chi connectivity index (χ3v) is 4.48. The van der Waals surface area contributed by atoms with Gasteiger partial charge in [0.2, 0.25) is 5.91 Å². The Bertz CT molecular complexity index is 472. The molecule has 2 atom stereocenters. The SMILES string of the molecule is CN1CCCCC1CNC(=O)C1Cc2nc[nH]c2CN1. The highest BCUT2D eigenvalue weighted by Gasteiger charge is 2.27. The Morgan fingerprint density at radius 1 is 1.55 bits per heavy atom. The fraction of sp³-hybridized carbons (Fsp3) is 0.714. The largest absolute Gasteiger partial charge is 0.353 e. The van der Waals surface area contributed by atoms with E-state index < -0.39 is 0 Å². The number of H-pyrrole nitrogens is 1. The predicted molar refractivity (Wildman–Crippen MR) is 76.2 cm³/mol. The minimum Gasteiger partial charge on any atom is -0.353 e. The number of likely N-dealkylation sites (N-methyl/N-ethyl adjacent to an activating group) is 1. The summed E-state index contributed by atoms with van der Waals surface area (Å²) in [6, 6.07) is 0.330. The van der Waals surface area contributed by atoms with Gasteiger partial charge in [-0.15, -0.1) is 0 Å². The van der Waals surface area contributed by atoms with Crippen LogP contribution in [-0.2, 0) is 17.8 Å². The van der Waals surface area contributed by atoms with E-state index in [1.807, 2.05) is 0 Å². The number of nitrogens with zero attached hydrogens (tertiary/aromatic N) is 2. The molecule has 2 aliphatic heterocycles. The van der Waals surface area contributed by atoms with Gasteiger partial charge in [0, 0.05) is 25.6 Å². The number of nitrogens with one attached hydrogen (secondary N) is 3. The minimum absolute atomic E-state index is 0.0950. The van der Waals surface area contributed by atoms with Crippen LogP contribution in [0.2, 0.25) is 0 Å². The number of rotatable bonds is 3. The Morgan fingerprint density at radius 2 is 2.45 bits per heavy atom. The fourth-order valence-electron chi connectivity index (χ4n) is 3.10. The Hall–Kier alpha value is -1.40. The zero-order chi connectivity index (χ0) is 13.9. The molecule has 0 saturated carbocycles. The molecule has 1 saturated heterocycles. The smallest absolute Gasteiger partial charge is 0.237 e. The average molecular weight is 277 g/mol. The number of likely N-dealkylation sites (tertiary alicyclic amines) is 1. The molecule has 2 aliphatic rings. The first-order chi connectivity index (χ1) is 9.74. The van der Waals surface area contributed by atoms with Crippen molar-refractivity contribution in [1.82, 2.24) is 25.5 Å². The standard InChI is InChI=1S/C14H23N5O/c1-19-5-3-2-4-10(19)7-16-14(20)12-6-11-13(8-15-12)18-9-17-11/h9-10,12,15H,2-8H2,1H3,(H,16,20)(H,17,18). The van der Waals surface area contributed by atoms with Crippen LogP contribution < -0.4 is 10.6 Å². The van der Waals surface area contributed by atoms with E-state index in [-0.39, 0.29) is 11.9 Å². The molecular formula is C14H23N5O. The maximum Gasteiger partial charge on any atom is 0.237 e. The summed E-state index contributed by atoms with van der Waals surface area (Å²) in [5.41, 5.74) is 2.11. The molecule has 6 heteroatoms. The highest BCUT2D eigenvalue weighted by Crippen LogP contribution is 2.15. The Kier molecular flexibility index (Phi) is 4.03. The van der Waals surface area contributed by atoms with Crippen LogP contribution in [0.4, 0.5) is 0 Å². The van der Waals surface area contributed by atoms with E-state index in [2.05, 4.69) is 32.5 Å². The van der Waals surface area contributed by atoms with E-state index in [9.17, 15) is 4.79 Å². The summed E-state index contributed by atoms with van der Waals surface area (Å²) < 4.78 is 0. The number of hydrogen-bond acceptors (Lipinski definition) is 4. The minimum atomic E-state index is -0.153. The maximum absolute atomic E-state index is 12.2. The van der Waals surface area contributed by atoms with Gasteiger partial charge in [0.1, 0.15) is 0 Å². The Balaban J connectivity index is 1.50. The molecule has 1 amide bonds. The van der Waals surface area contributed by atoms with E-state index in [0.717, 1.165) is 24.5 Å². The zero-order valence-electron chi connectivity index (χ0n) is 12.0. The summed E-state index contributed by atoms with van der Waals surface area (Å²) in [7, 11) is 2.14. The normalized spacial score (nSPS) is 27.1. The summed E-state index contributed by atoms with van der Waals surface area (Å²) in [5, 5.41) is 6.36. The van der Waals surface area contributed by atoms with Crippen LogP contribution in [0.5, 0.6) is 0 Å². The third kappa shape index (κ3) is 2.86. The summed E-state index contributed by atoms with van der Waals surface area (Å²) >= 11 is 0. The molecular weight excluding hydrogens is 254 g/mol. The summed E-state index contributed by atoms with van der Waals surface area (Å²) in [4.78, 5) is 22.0. The first kappa shape index (κ1) is 13.6. The van der Waals surface area contributed by atoms with Gasteiger partial charge in [0.05, 0.1) is 23.8 Å². The number of carbonyl (C=O) groups excluding carboxylic acids is 1. The second kappa shape index (κ2) is 5.93. The third-order valence-electron chi connectivity index (χ3n) is 4.48. The number of amides is 1. The van der Waals surface area contributed by atoms with Crippen LogP contribution in [-0.4, -0.2) is 53.0 Å². The van der Waals surface area contributed by atoms with Crippen LogP contribution in [0, 0.1) is 0 Å². The fourth-order valence-corrected chi connectivity index (χ4v) is 3.10. The number of piperidine rings is 1. The molecule has 6 nitrogen and oxygen atoms in total. The number of hydrogen-bond donors (Lipinski definition) is 3. The van der Waals surface area contributed by atoms with Crippen LogP contribution in [0.15, 0.2) is 6.33 Å². The predicted octanol–water partition coefficient (Wildman–Crippen LogP) is 0.0245. The lowest BCUT2D eigenvalue weighted by molar-refractivity contribution is -0.123. The van der Waals surface area contributed by atoms with Crippen molar-refractivity contribution in [3.63, 3.8) is 0 Å². The number of fused-ring (bicyclic) bond motifs is 1. The monoisotopic (exact) mass is 277 g/mol. The molecule has 0 spiro atoms. The second-order valence-electron chi connectivity index (χ2n) is 5.84. The molecule has 0 aromatic carbocycles. The van der Waals surface area contributed by atoms with Crippen molar-refractivity contribution in [2.45, 2.75) is 44.3 Å². The maximum atomic E-state index is 12.2. The molecule has 0 bridgehead atoms. The molecule has 2 unspecified atom stereocenters. The quantitative estimate of drug-likeness (QED) is 0.728. The van der Waals surface area contributed by atoms with E-state index in [0.29, 0.717) is 19.0 Å². The van der Waals surface area contributed by atoms with Crippen LogP contribution >= 0.6 is 0 Å². The van der Waals surface area contributed by atoms with Crippen molar-refractivity contribution in [2.24, 2.45) is 0 Å². The molecule has 1 aromatic heterocycles. The Labute approximate surface area is 119 Å². The first-order valence-electron chi connectivity index (χ1n) is 7.46. The van der Waals surface area contributed by atoms with Gasteiger partial charge in [-0.05, 0) is 26.4 Å². The van der Waals surface area contributed by atoms with Crippen molar-refractivity contribution in [2.75, 3.05) is 20.1 Å². The molecule has 0 radical (unpaired) electrons. The van der Waals surface area contributed by atoms with Gasteiger partial charge in [-0.3, -0.25) is 10.1 Å². The molecule has 3 heterocycles. The van der Waals surface area contributed by atoms with Crippen molar-refractivity contribution in [3.05, 3.63) is 17.7 Å². The highest BCUT2D eigenvalue weighted by atomic mass is 16.2. The summed E-state index contributed by atoms with van der Waals surface area (Å²) in [6.45, 7) is 2.58. The second-order valence-corrected chi connectivity index (χ2v) is 5.84. The molecule has 0 aliphatic carbocycles. The van der Waals surface area contributed by atoms with Crippen LogP contribution in [0.1, 0.15) is 30.7 Å². The average Bonchev–Trinajstić information content (AvgIpc) is 2.93. The Morgan fingerprint density at radius 3 is 3.30 bits per heavy atom. The molecule has 20 heavy (non-hydrogen) atoms. The first-order valence-corrected chi connectivity index (χ1v) is 7.46. The topological polar surface area (TPSA) is 73.0 Å². The van der Waals surface area contributed by atoms with Crippen LogP contribution in [0.25, 0.3) is 0 Å². The van der Waals surface area contributed by atoms with Crippen LogP contribution in [0.3, 0.4) is 0 Å². The molecule has 110 valence electrons. The lowest BCUT2D eigenvalue weighted by Crippen LogP contribution is -2.51. The van der Waals surface area contributed by atoms with E-state index >= 15 is 0 Å². The molecule has 1 aromatic rings. The van der Waals surface area contributed by atoms with Gasteiger partial charge >= 0.3 is 0 Å². The number of aromatic amines is 1. The number of aromatic nitrogens is 2. The lowest BCUT2D eigenvalue weighted by atomic mass is 10.0. The van der Waals surface area contributed by atoms with E-state index in [1.54, 1.807) is 6.33 Å². The van der Waals surface area contributed by atoms with Gasteiger partial charge in [0.15, 0.2) is 0 Å². The van der Waals surface area contributed by atoms with Gasteiger partial charge < -0.3 is 15.2 Å². The highest BCUT2D eigenvalue weighted by molar-refractivity contribution is 5.82. The molecule has 3 rings (SSSR count). The lowest BCUT2D eigenvalue weighted by Gasteiger charge is -2.33. The summed E-state index contributed by atoms with van der Waals surface area (Å²) in [6.07, 6.45) is 6.09. The number of imidazole rings is 1. The van der Waals surface area contributed by atoms with E-state index in [1.165, 1.54) is 19.3 Å². The zero-order valence-corrected chi connectivity index (χ0v) is 12.0.